The second kappa shape index (κ2) is 8.12. The molecule has 3 aromatic carbocycles. The van der Waals surface area contributed by atoms with Crippen molar-refractivity contribution in [2.45, 2.75) is 5.60 Å². The highest BCUT2D eigenvalue weighted by Crippen LogP contribution is 2.64. The molecule has 2 N–H and O–H groups in total. The largest absolute Gasteiger partial charge is 0.505 e. The molecule has 13 heteroatoms. The van der Waals surface area contributed by atoms with Crippen molar-refractivity contribution in [2.75, 3.05) is 0 Å². The van der Waals surface area contributed by atoms with Gasteiger partial charge in [0.15, 0.2) is 28.6 Å². The Bertz CT molecular complexity index is 1400. The molecule has 0 radical (unpaired) electrons. The van der Waals surface area contributed by atoms with E-state index < -0.39 is 11.6 Å². The third-order valence-corrected chi connectivity index (χ3v) is 9.48. The number of phenolic OH excluding ortho intramolecular Hbond substituents is 2. The average molecular weight is 791 g/mol. The third-order valence-electron chi connectivity index (χ3n) is 5.33. The summed E-state index contributed by atoms with van der Waals surface area (Å²) in [6.07, 6.45) is 0. The fraction of sp³-hybridized carbons (Fsp3) is 0.0500. The van der Waals surface area contributed by atoms with E-state index >= 15 is 0 Å². The minimum atomic E-state index is -1.78. The highest BCUT2D eigenvalue weighted by atomic mass is 127. The van der Waals surface area contributed by atoms with Gasteiger partial charge in [0.1, 0.15) is 10.0 Å². The highest BCUT2D eigenvalue weighted by molar-refractivity contribution is 14.1. The zero-order valence-electron chi connectivity index (χ0n) is 15.3. The minimum Gasteiger partial charge on any atom is -0.505 e. The van der Waals surface area contributed by atoms with Crippen molar-refractivity contribution in [3.05, 3.63) is 71.7 Å². The second-order valence-electron chi connectivity index (χ2n) is 6.97. The zero-order valence-corrected chi connectivity index (χ0v) is 24.1. The van der Waals surface area contributed by atoms with Gasteiger partial charge in [0.25, 0.3) is 0 Å². The van der Waals surface area contributed by atoms with Gasteiger partial charge in [0, 0.05) is 5.56 Å². The summed E-state index contributed by atoms with van der Waals surface area (Å²) in [5.41, 5.74) is -1.28. The molecule has 0 bridgehead atoms. The number of carbonyl (C=O) groups excluding carboxylic acids is 1. The Morgan fingerprint density at radius 3 is 1.67 bits per heavy atom. The molecule has 2 aliphatic heterocycles. The molecule has 0 fully saturated rings. The lowest BCUT2D eigenvalue weighted by atomic mass is 9.77. The summed E-state index contributed by atoms with van der Waals surface area (Å²) in [5, 5.41) is 20.1. The summed E-state index contributed by atoms with van der Waals surface area (Å²) in [6.45, 7) is 0. The summed E-state index contributed by atoms with van der Waals surface area (Å²) in [7, 11) is 0. The molecule has 0 saturated carbocycles. The van der Waals surface area contributed by atoms with Crippen LogP contribution in [0, 0.1) is 7.14 Å². The highest BCUT2D eigenvalue weighted by Gasteiger charge is 2.58. The van der Waals surface area contributed by atoms with Crippen LogP contribution in [-0.2, 0) is 10.3 Å². The number of esters is 1. The van der Waals surface area contributed by atoms with E-state index in [1.807, 2.05) is 45.2 Å². The smallest absolute Gasteiger partial charge is 0.341 e. The monoisotopic (exact) mass is 788 g/mol. The number of aromatic hydroxyl groups is 2. The molecule has 0 aliphatic carbocycles. The lowest BCUT2D eigenvalue weighted by Gasteiger charge is -2.38. The predicted octanol–water partition coefficient (Wildman–Crippen LogP) is 8.80. The SMILES string of the molecule is O=C1OC2(c3cc(I)c(O)c(Cl)c3Oc3c2cc(I)c(O)c3Cl)c2c(Cl)c(Cl)c(Cl)c(Cl)c21. The summed E-state index contributed by atoms with van der Waals surface area (Å²) < 4.78 is 12.6. The van der Waals surface area contributed by atoms with Crippen molar-refractivity contribution in [1.82, 2.24) is 0 Å². The van der Waals surface area contributed by atoms with Gasteiger partial charge in [0.05, 0.1) is 43.9 Å². The zero-order chi connectivity index (χ0) is 24.1. The summed E-state index contributed by atoms with van der Waals surface area (Å²) >= 11 is 42.2. The summed E-state index contributed by atoms with van der Waals surface area (Å²) in [6, 6.07) is 3.06. The summed E-state index contributed by atoms with van der Waals surface area (Å²) in [4.78, 5) is 13.2. The number of fused-ring (bicyclic) bond motifs is 6. The number of carbonyl (C=O) groups is 1. The molecular formula is C20H4Cl6I2O5. The van der Waals surface area contributed by atoms with Crippen LogP contribution < -0.4 is 4.74 Å². The quantitative estimate of drug-likeness (QED) is 0.103. The van der Waals surface area contributed by atoms with Crippen LogP contribution in [0.15, 0.2) is 12.1 Å². The summed E-state index contributed by atoms with van der Waals surface area (Å²) in [5.74, 6) is -1.45. The molecular weight excluding hydrogens is 787 g/mol. The second-order valence-corrected chi connectivity index (χ2v) is 11.6. The lowest BCUT2D eigenvalue weighted by molar-refractivity contribution is 0.0224. The molecule has 5 rings (SSSR count). The van der Waals surface area contributed by atoms with Crippen LogP contribution in [0.3, 0.4) is 0 Å². The van der Waals surface area contributed by atoms with Crippen LogP contribution >= 0.6 is 115 Å². The number of halogens is 8. The van der Waals surface area contributed by atoms with Gasteiger partial charge in [-0.05, 0) is 57.3 Å². The van der Waals surface area contributed by atoms with Crippen molar-refractivity contribution < 1.29 is 24.5 Å². The van der Waals surface area contributed by atoms with Gasteiger partial charge in [-0.25, -0.2) is 4.79 Å². The van der Waals surface area contributed by atoms with E-state index in [4.69, 9.17) is 79.1 Å². The van der Waals surface area contributed by atoms with Gasteiger partial charge in [-0.1, -0.05) is 69.6 Å². The first-order valence-electron chi connectivity index (χ1n) is 8.63. The average Bonchev–Trinajstić information content (AvgIpc) is 3.08. The lowest BCUT2D eigenvalue weighted by Crippen LogP contribution is -2.34. The number of rotatable bonds is 0. The van der Waals surface area contributed by atoms with E-state index in [9.17, 15) is 15.0 Å². The van der Waals surface area contributed by atoms with Gasteiger partial charge in [-0.2, -0.15) is 0 Å². The van der Waals surface area contributed by atoms with Crippen molar-refractivity contribution in [3.63, 3.8) is 0 Å². The van der Waals surface area contributed by atoms with Gasteiger partial charge in [-0.3, -0.25) is 0 Å². The normalized spacial score (nSPS) is 15.1. The van der Waals surface area contributed by atoms with Crippen molar-refractivity contribution >= 4 is 121 Å². The van der Waals surface area contributed by atoms with Crippen molar-refractivity contribution in [2.24, 2.45) is 0 Å². The van der Waals surface area contributed by atoms with Crippen LogP contribution in [0.25, 0.3) is 0 Å². The molecule has 33 heavy (non-hydrogen) atoms. The van der Waals surface area contributed by atoms with E-state index in [0.717, 1.165) is 0 Å². The maximum absolute atomic E-state index is 13.2. The van der Waals surface area contributed by atoms with E-state index in [-0.39, 0.29) is 75.4 Å². The Hall–Kier alpha value is -0.270. The van der Waals surface area contributed by atoms with Crippen LogP contribution in [0.5, 0.6) is 23.0 Å². The minimum absolute atomic E-state index is 0.0523. The third kappa shape index (κ3) is 3.13. The van der Waals surface area contributed by atoms with Crippen LogP contribution in [0.2, 0.25) is 30.1 Å². The Balaban J connectivity index is 2.05. The molecule has 0 atom stereocenters. The standard InChI is InChI=1S/C20H4Cl6I2O5/c21-9-7-8(10(22)12(24)11(9)23)20(33-19(7)31)3-1-5(27)15(29)13(25)17(3)32-18-4(20)2-6(28)16(30)14(18)26/h1-2,29-30H. The molecule has 0 unspecified atom stereocenters. The molecule has 2 heterocycles. The Morgan fingerprint density at radius 2 is 1.18 bits per heavy atom. The molecule has 1 spiro atoms. The maximum Gasteiger partial charge on any atom is 0.341 e. The Kier molecular flexibility index (Phi) is 6.01. The number of hydrogen-bond acceptors (Lipinski definition) is 5. The molecule has 5 nitrogen and oxygen atoms in total. The first kappa shape index (κ1) is 24.4. The van der Waals surface area contributed by atoms with E-state index in [2.05, 4.69) is 0 Å². The van der Waals surface area contributed by atoms with Gasteiger partial charge < -0.3 is 19.7 Å². The molecule has 170 valence electrons. The van der Waals surface area contributed by atoms with E-state index in [1.54, 1.807) is 0 Å². The van der Waals surface area contributed by atoms with Crippen LogP contribution in [0.1, 0.15) is 27.0 Å². The number of hydrogen-bond donors (Lipinski definition) is 2. The Morgan fingerprint density at radius 1 is 0.727 bits per heavy atom. The number of ether oxygens (including phenoxy) is 2. The van der Waals surface area contributed by atoms with E-state index in [0.29, 0.717) is 7.14 Å². The van der Waals surface area contributed by atoms with Crippen LogP contribution in [0.4, 0.5) is 0 Å². The van der Waals surface area contributed by atoms with Crippen molar-refractivity contribution in [1.29, 1.82) is 0 Å². The molecule has 0 amide bonds. The predicted molar refractivity (Wildman–Crippen MR) is 144 cm³/mol. The first-order chi connectivity index (χ1) is 15.4. The number of benzene rings is 3. The van der Waals surface area contributed by atoms with Gasteiger partial charge in [0.2, 0.25) is 0 Å². The molecule has 3 aromatic rings. The first-order valence-corrected chi connectivity index (χ1v) is 13.1. The van der Waals surface area contributed by atoms with Gasteiger partial charge >= 0.3 is 5.97 Å². The molecule has 0 saturated heterocycles. The fourth-order valence-electron chi connectivity index (χ4n) is 3.93. The Labute approximate surface area is 243 Å². The molecule has 2 aliphatic rings. The molecule has 0 aromatic heterocycles. The topological polar surface area (TPSA) is 76.0 Å². The van der Waals surface area contributed by atoms with Crippen molar-refractivity contribution in [3.8, 4) is 23.0 Å². The van der Waals surface area contributed by atoms with E-state index in [1.165, 1.54) is 12.1 Å². The maximum atomic E-state index is 13.2. The van der Waals surface area contributed by atoms with Crippen LogP contribution in [-0.4, -0.2) is 16.2 Å². The number of phenols is 2. The fourth-order valence-corrected chi connectivity index (χ4v) is 6.95. The van der Waals surface area contributed by atoms with Gasteiger partial charge in [-0.15, -0.1) is 0 Å².